The third-order valence-electron chi connectivity index (χ3n) is 6.46. The van der Waals surface area contributed by atoms with Gasteiger partial charge in [-0.1, -0.05) is 18.2 Å². The van der Waals surface area contributed by atoms with Gasteiger partial charge in [0.25, 0.3) is 11.8 Å². The fourth-order valence-corrected chi connectivity index (χ4v) is 4.64. The van der Waals surface area contributed by atoms with E-state index in [-0.39, 0.29) is 11.7 Å². The van der Waals surface area contributed by atoms with Gasteiger partial charge in [0.15, 0.2) is 0 Å². The minimum absolute atomic E-state index is 0.0325. The van der Waals surface area contributed by atoms with E-state index in [9.17, 15) is 14.9 Å². The first-order valence-electron chi connectivity index (χ1n) is 11.4. The molecule has 7 nitrogen and oxygen atoms in total. The molecule has 0 bridgehead atoms. The number of para-hydroxylation sites is 1. The second-order valence-corrected chi connectivity index (χ2v) is 8.97. The molecule has 35 heavy (non-hydrogen) atoms. The number of benzene rings is 2. The first kappa shape index (κ1) is 22.4. The van der Waals surface area contributed by atoms with Gasteiger partial charge < -0.3 is 4.74 Å². The van der Waals surface area contributed by atoms with Crippen molar-refractivity contribution in [2.45, 2.75) is 33.3 Å². The summed E-state index contributed by atoms with van der Waals surface area (Å²) in [5.74, 6) is -0.114. The topological polar surface area (TPSA) is 88.2 Å². The van der Waals surface area contributed by atoms with Crippen molar-refractivity contribution >= 4 is 17.9 Å². The molecule has 2 aliphatic heterocycles. The lowest BCUT2D eigenvalue weighted by molar-refractivity contribution is -0.138. The molecule has 1 aromatic heterocycles. The highest BCUT2D eigenvalue weighted by Gasteiger charge is 2.33. The van der Waals surface area contributed by atoms with E-state index in [4.69, 9.17) is 9.84 Å². The molecule has 2 amide bonds. The maximum atomic E-state index is 13.0. The predicted molar refractivity (Wildman–Crippen MR) is 132 cm³/mol. The molecule has 0 fully saturated rings. The zero-order valence-corrected chi connectivity index (χ0v) is 20.0. The standard InChI is InChI=1S/C28H24N4O3/c1-16-10-19(12-20-11-17(2)35-26(16)20)25-21(15-32(30-25)22-8-6-5-7-9-22)13-23-18(3)24(14-29)28(34)31(4)27(23)33/h5-10,12-13,15,17H,11H2,1-4H3. The molecule has 3 heterocycles. The lowest BCUT2D eigenvalue weighted by atomic mass is 9.93. The average Bonchev–Trinajstić information content (AvgIpc) is 3.45. The Bertz CT molecular complexity index is 1490. The Kier molecular flexibility index (Phi) is 5.37. The molecule has 2 aliphatic rings. The van der Waals surface area contributed by atoms with Crippen molar-refractivity contribution < 1.29 is 14.3 Å². The summed E-state index contributed by atoms with van der Waals surface area (Å²) in [6.45, 7) is 5.70. The largest absolute Gasteiger partial charge is 0.490 e. The number of amides is 2. The molecule has 0 N–H and O–H groups in total. The van der Waals surface area contributed by atoms with Gasteiger partial charge in [0.05, 0.1) is 11.4 Å². The van der Waals surface area contributed by atoms with Crippen molar-refractivity contribution in [2.24, 2.45) is 0 Å². The van der Waals surface area contributed by atoms with Crippen molar-refractivity contribution in [3.63, 3.8) is 0 Å². The van der Waals surface area contributed by atoms with Crippen molar-refractivity contribution in [3.05, 3.63) is 82.1 Å². The third kappa shape index (κ3) is 3.73. The predicted octanol–water partition coefficient (Wildman–Crippen LogP) is 4.39. The van der Waals surface area contributed by atoms with Crippen LogP contribution in [0.15, 0.2) is 65.4 Å². The first-order valence-corrected chi connectivity index (χ1v) is 11.4. The van der Waals surface area contributed by atoms with E-state index < -0.39 is 11.8 Å². The van der Waals surface area contributed by atoms with Gasteiger partial charge in [-0.15, -0.1) is 0 Å². The number of aromatic nitrogens is 2. The van der Waals surface area contributed by atoms with E-state index in [2.05, 4.69) is 6.07 Å². The van der Waals surface area contributed by atoms with Crippen LogP contribution in [0.25, 0.3) is 23.0 Å². The van der Waals surface area contributed by atoms with Crippen LogP contribution in [0.4, 0.5) is 0 Å². The average molecular weight is 465 g/mol. The summed E-state index contributed by atoms with van der Waals surface area (Å²) in [5, 5.41) is 14.4. The van der Waals surface area contributed by atoms with Gasteiger partial charge in [0, 0.05) is 36.4 Å². The second kappa shape index (κ2) is 8.41. The van der Waals surface area contributed by atoms with Crippen LogP contribution in [-0.4, -0.2) is 39.6 Å². The number of carbonyl (C=O) groups is 2. The van der Waals surface area contributed by atoms with Gasteiger partial charge in [-0.05, 0) is 67.8 Å². The van der Waals surface area contributed by atoms with Crippen LogP contribution in [0.3, 0.4) is 0 Å². The Morgan fingerprint density at radius 1 is 1.14 bits per heavy atom. The Morgan fingerprint density at radius 2 is 1.89 bits per heavy atom. The third-order valence-corrected chi connectivity index (χ3v) is 6.46. The van der Waals surface area contributed by atoms with E-state index in [0.717, 1.165) is 39.4 Å². The Labute approximate surface area is 203 Å². The number of hydrogen-bond donors (Lipinski definition) is 0. The number of ether oxygens (including phenoxy) is 1. The molecular formula is C28H24N4O3. The highest BCUT2D eigenvalue weighted by Crippen LogP contribution is 2.38. The van der Waals surface area contributed by atoms with Crippen LogP contribution in [0, 0.1) is 18.3 Å². The quantitative estimate of drug-likeness (QED) is 0.424. The van der Waals surface area contributed by atoms with Crippen LogP contribution in [0.2, 0.25) is 0 Å². The van der Waals surface area contributed by atoms with Crippen molar-refractivity contribution in [1.29, 1.82) is 5.26 Å². The Hall–Kier alpha value is -4.44. The van der Waals surface area contributed by atoms with Gasteiger partial charge in [-0.2, -0.15) is 10.4 Å². The molecule has 0 saturated heterocycles. The maximum Gasteiger partial charge on any atom is 0.271 e. The number of nitrogens with zero attached hydrogens (tertiary/aromatic N) is 4. The van der Waals surface area contributed by atoms with E-state index in [1.807, 2.05) is 62.5 Å². The number of likely N-dealkylation sites (N-methyl/N-ethyl adjacent to an activating group) is 1. The molecule has 0 radical (unpaired) electrons. The summed E-state index contributed by atoms with van der Waals surface area (Å²) in [5.41, 5.74) is 5.98. The van der Waals surface area contributed by atoms with Gasteiger partial charge in [0.1, 0.15) is 23.5 Å². The molecule has 1 atom stereocenters. The van der Waals surface area contributed by atoms with E-state index in [0.29, 0.717) is 22.4 Å². The van der Waals surface area contributed by atoms with Gasteiger partial charge in [-0.3, -0.25) is 14.5 Å². The molecule has 3 aromatic rings. The molecule has 5 rings (SSSR count). The SMILES string of the molecule is CC1=C(C#N)C(=O)N(C)C(=O)C1=Cc1cn(-c2ccccc2)nc1-c1cc(C)c2c(c1)CC(C)O2. The summed E-state index contributed by atoms with van der Waals surface area (Å²) >= 11 is 0. The highest BCUT2D eigenvalue weighted by atomic mass is 16.5. The van der Waals surface area contributed by atoms with Gasteiger partial charge in [-0.25, -0.2) is 4.68 Å². The van der Waals surface area contributed by atoms with Crippen LogP contribution in [0.1, 0.15) is 30.5 Å². The van der Waals surface area contributed by atoms with Crippen LogP contribution in [-0.2, 0) is 16.0 Å². The lowest BCUT2D eigenvalue weighted by Gasteiger charge is -2.23. The second-order valence-electron chi connectivity index (χ2n) is 8.97. The molecule has 174 valence electrons. The fraction of sp³-hybridized carbons (Fsp3) is 0.214. The number of rotatable bonds is 3. The summed E-state index contributed by atoms with van der Waals surface area (Å²) in [4.78, 5) is 26.4. The summed E-state index contributed by atoms with van der Waals surface area (Å²) < 4.78 is 7.75. The minimum Gasteiger partial charge on any atom is -0.490 e. The van der Waals surface area contributed by atoms with Gasteiger partial charge in [0.2, 0.25) is 0 Å². The molecule has 0 spiro atoms. The molecule has 0 saturated carbocycles. The number of nitriles is 1. The molecule has 1 unspecified atom stereocenters. The number of fused-ring (bicyclic) bond motifs is 1. The maximum absolute atomic E-state index is 13.0. The van der Waals surface area contributed by atoms with E-state index >= 15 is 0 Å². The lowest BCUT2D eigenvalue weighted by Crippen LogP contribution is -2.39. The van der Waals surface area contributed by atoms with Crippen LogP contribution in [0.5, 0.6) is 5.75 Å². The van der Waals surface area contributed by atoms with Crippen molar-refractivity contribution in [2.75, 3.05) is 7.05 Å². The monoisotopic (exact) mass is 464 g/mol. The molecular weight excluding hydrogens is 440 g/mol. The first-order chi connectivity index (χ1) is 16.8. The zero-order valence-electron chi connectivity index (χ0n) is 20.0. The Balaban J connectivity index is 1.72. The Morgan fingerprint density at radius 3 is 2.60 bits per heavy atom. The minimum atomic E-state index is -0.587. The van der Waals surface area contributed by atoms with E-state index in [1.165, 1.54) is 7.05 Å². The smallest absolute Gasteiger partial charge is 0.271 e. The number of imide groups is 1. The summed E-state index contributed by atoms with van der Waals surface area (Å²) in [7, 11) is 1.39. The van der Waals surface area contributed by atoms with Crippen LogP contribution >= 0.6 is 0 Å². The molecule has 7 heteroatoms. The summed E-state index contributed by atoms with van der Waals surface area (Å²) in [6, 6.07) is 15.8. The summed E-state index contributed by atoms with van der Waals surface area (Å²) in [6.07, 6.45) is 4.52. The molecule has 0 aliphatic carbocycles. The van der Waals surface area contributed by atoms with Gasteiger partial charge >= 0.3 is 0 Å². The fourth-order valence-electron chi connectivity index (χ4n) is 4.64. The van der Waals surface area contributed by atoms with E-state index in [1.54, 1.807) is 17.7 Å². The molecule has 2 aromatic carbocycles. The number of carbonyl (C=O) groups excluding carboxylic acids is 2. The number of hydrogen-bond acceptors (Lipinski definition) is 5. The van der Waals surface area contributed by atoms with Crippen molar-refractivity contribution in [1.82, 2.24) is 14.7 Å². The van der Waals surface area contributed by atoms with Crippen molar-refractivity contribution in [3.8, 4) is 28.8 Å². The normalized spacial score (nSPS) is 18.7. The zero-order chi connectivity index (χ0) is 24.9. The number of aryl methyl sites for hydroxylation is 1. The highest BCUT2D eigenvalue weighted by molar-refractivity contribution is 6.19. The van der Waals surface area contributed by atoms with Crippen LogP contribution < -0.4 is 4.74 Å².